The Bertz CT molecular complexity index is 1130. The maximum atomic E-state index is 13.4. The number of rotatable bonds is 4. The molecule has 0 N–H and O–H groups in total. The summed E-state index contributed by atoms with van der Waals surface area (Å²) in [6.07, 6.45) is 1.51. The Morgan fingerprint density at radius 3 is 2.18 bits per heavy atom. The smallest absolute Gasteiger partial charge is 0.317 e. The van der Waals surface area contributed by atoms with Crippen molar-refractivity contribution in [2.45, 2.75) is 17.4 Å². The third-order valence-electron chi connectivity index (χ3n) is 4.73. The minimum Gasteiger partial charge on any atom is -0.460 e. The van der Waals surface area contributed by atoms with Crippen molar-refractivity contribution in [1.29, 1.82) is 0 Å². The first-order valence-corrected chi connectivity index (χ1v) is 10.4. The van der Waals surface area contributed by atoms with E-state index in [0.29, 0.717) is 5.56 Å². The number of sulfone groups is 1. The molecule has 0 saturated carbocycles. The molecule has 0 saturated heterocycles. The van der Waals surface area contributed by atoms with E-state index in [9.17, 15) is 13.2 Å². The molecule has 3 aromatic carbocycles. The highest BCUT2D eigenvalue weighted by Gasteiger charge is 2.31. The van der Waals surface area contributed by atoms with Gasteiger partial charge in [0, 0.05) is 0 Å². The van der Waals surface area contributed by atoms with Crippen LogP contribution < -0.4 is 0 Å². The number of hydrogen-bond acceptors (Lipinski definition) is 4. The van der Waals surface area contributed by atoms with Crippen LogP contribution in [-0.4, -0.2) is 14.4 Å². The summed E-state index contributed by atoms with van der Waals surface area (Å²) in [5.41, 5.74) is 2.19. The van der Waals surface area contributed by atoms with Crippen LogP contribution in [0.2, 0.25) is 0 Å². The van der Waals surface area contributed by atoms with Gasteiger partial charge in [-0.1, -0.05) is 72.8 Å². The second kappa shape index (κ2) is 7.44. The fourth-order valence-corrected chi connectivity index (χ4v) is 4.84. The maximum absolute atomic E-state index is 13.4. The van der Waals surface area contributed by atoms with Crippen LogP contribution in [0.5, 0.6) is 0 Å². The Balaban J connectivity index is 1.92. The highest BCUT2D eigenvalue weighted by atomic mass is 32.2. The summed E-state index contributed by atoms with van der Waals surface area (Å²) in [6, 6.07) is 24.5. The molecule has 0 aliphatic carbocycles. The molecule has 0 bridgehead atoms. The zero-order valence-electron chi connectivity index (χ0n) is 15.0. The number of hydrogen-bond donors (Lipinski definition) is 0. The van der Waals surface area contributed by atoms with Gasteiger partial charge in [-0.3, -0.25) is 4.79 Å². The summed E-state index contributed by atoms with van der Waals surface area (Å²) in [5, 5.41) is 0. The molecule has 4 rings (SSSR count). The van der Waals surface area contributed by atoms with Gasteiger partial charge in [-0.15, -0.1) is 0 Å². The quantitative estimate of drug-likeness (QED) is 0.622. The number of carbonyl (C=O) groups excluding carboxylic acids is 1. The number of cyclic esters (lactones) is 1. The molecular weight excluding hydrogens is 372 g/mol. The van der Waals surface area contributed by atoms with E-state index in [2.05, 4.69) is 0 Å². The average Bonchev–Trinajstić information content (AvgIpc) is 2.74. The van der Waals surface area contributed by atoms with Crippen molar-refractivity contribution in [1.82, 2.24) is 0 Å². The van der Waals surface area contributed by atoms with Crippen molar-refractivity contribution < 1.29 is 17.9 Å². The molecule has 0 fully saturated rings. The average molecular weight is 390 g/mol. The zero-order valence-corrected chi connectivity index (χ0v) is 15.8. The summed E-state index contributed by atoms with van der Waals surface area (Å²) < 4.78 is 32.1. The monoisotopic (exact) mass is 390 g/mol. The minimum atomic E-state index is -3.83. The number of ether oxygens (including phenoxy) is 1. The van der Waals surface area contributed by atoms with E-state index in [0.717, 1.165) is 11.1 Å². The lowest BCUT2D eigenvalue weighted by Gasteiger charge is -2.23. The zero-order chi connectivity index (χ0) is 19.6. The Morgan fingerprint density at radius 2 is 1.46 bits per heavy atom. The minimum absolute atomic E-state index is 0.0953. The molecule has 28 heavy (non-hydrogen) atoms. The van der Waals surface area contributed by atoms with Gasteiger partial charge in [0.05, 0.1) is 9.80 Å². The standard InChI is InChI=1S/C23H18O4S/c24-23-21(20-14-8-7-11-18(20)16-27-23)15-22(17-9-3-1-4-10-17)28(25,26)19-12-5-2-6-13-19/h1-15,21H,16H2/b22-15-. The normalized spacial score (nSPS) is 16.9. The van der Waals surface area contributed by atoms with Crippen LogP contribution >= 0.6 is 0 Å². The van der Waals surface area contributed by atoms with Gasteiger partial charge in [-0.05, 0) is 34.9 Å². The van der Waals surface area contributed by atoms with Gasteiger partial charge in [-0.2, -0.15) is 0 Å². The SMILES string of the molecule is O=C1OCc2ccccc2C1/C=C(/c1ccccc1)S(=O)(=O)c1ccccc1. The van der Waals surface area contributed by atoms with Gasteiger partial charge < -0.3 is 4.74 Å². The van der Waals surface area contributed by atoms with Gasteiger partial charge in [0.1, 0.15) is 12.5 Å². The Morgan fingerprint density at radius 1 is 0.857 bits per heavy atom. The Kier molecular flexibility index (Phi) is 4.84. The fraction of sp³-hybridized carbons (Fsp3) is 0.0870. The molecule has 3 aromatic rings. The van der Waals surface area contributed by atoms with E-state index in [1.807, 2.05) is 30.3 Å². The van der Waals surface area contributed by atoms with Crippen molar-refractivity contribution in [2.24, 2.45) is 0 Å². The van der Waals surface area contributed by atoms with Crippen molar-refractivity contribution in [3.63, 3.8) is 0 Å². The van der Waals surface area contributed by atoms with Crippen molar-refractivity contribution in [2.75, 3.05) is 0 Å². The fourth-order valence-electron chi connectivity index (χ4n) is 3.31. The van der Waals surface area contributed by atoms with E-state index in [-0.39, 0.29) is 16.4 Å². The van der Waals surface area contributed by atoms with Gasteiger partial charge >= 0.3 is 5.97 Å². The molecule has 1 unspecified atom stereocenters. The third kappa shape index (κ3) is 3.37. The van der Waals surface area contributed by atoms with Gasteiger partial charge in [0.15, 0.2) is 0 Å². The first kappa shape index (κ1) is 18.2. The molecule has 140 valence electrons. The van der Waals surface area contributed by atoms with E-state index in [1.165, 1.54) is 6.08 Å². The van der Waals surface area contributed by atoms with Crippen LogP contribution in [0.1, 0.15) is 22.6 Å². The molecule has 1 heterocycles. The summed E-state index contributed by atoms with van der Waals surface area (Å²) in [6.45, 7) is 0.200. The van der Waals surface area contributed by atoms with Crippen molar-refractivity contribution >= 4 is 20.7 Å². The van der Waals surface area contributed by atoms with E-state index < -0.39 is 21.7 Å². The lowest BCUT2D eigenvalue weighted by Crippen LogP contribution is -2.22. The second-order valence-electron chi connectivity index (χ2n) is 6.50. The summed E-state index contributed by atoms with van der Waals surface area (Å²) in [7, 11) is -3.83. The summed E-state index contributed by atoms with van der Waals surface area (Å²) in [4.78, 5) is 12.8. The van der Waals surface area contributed by atoms with Crippen LogP contribution in [0.15, 0.2) is 95.9 Å². The van der Waals surface area contributed by atoms with Gasteiger partial charge in [0.2, 0.25) is 9.84 Å². The van der Waals surface area contributed by atoms with Crippen molar-refractivity contribution in [3.05, 3.63) is 108 Å². The predicted octanol–water partition coefficient (Wildman–Crippen LogP) is 4.34. The molecule has 5 heteroatoms. The largest absolute Gasteiger partial charge is 0.460 e. The molecule has 1 atom stereocenters. The van der Waals surface area contributed by atoms with E-state index >= 15 is 0 Å². The first-order chi connectivity index (χ1) is 13.6. The Hall–Kier alpha value is -3.18. The van der Waals surface area contributed by atoms with E-state index in [4.69, 9.17) is 4.74 Å². The highest BCUT2D eigenvalue weighted by Crippen LogP contribution is 2.35. The maximum Gasteiger partial charge on any atom is 0.317 e. The van der Waals surface area contributed by atoms with E-state index in [1.54, 1.807) is 54.6 Å². The molecule has 1 aliphatic rings. The third-order valence-corrected chi connectivity index (χ3v) is 6.58. The highest BCUT2D eigenvalue weighted by molar-refractivity contribution is 8.00. The van der Waals surface area contributed by atoms with Gasteiger partial charge in [-0.25, -0.2) is 8.42 Å². The van der Waals surface area contributed by atoms with Crippen LogP contribution in [0, 0.1) is 0 Å². The topological polar surface area (TPSA) is 60.4 Å². The summed E-state index contributed by atoms with van der Waals surface area (Å²) in [5.74, 6) is -1.23. The number of fused-ring (bicyclic) bond motifs is 1. The second-order valence-corrected chi connectivity index (χ2v) is 8.42. The van der Waals surface area contributed by atoms with Crippen LogP contribution in [0.25, 0.3) is 4.91 Å². The Labute approximate surface area is 164 Å². The predicted molar refractivity (Wildman–Crippen MR) is 107 cm³/mol. The molecule has 4 nitrogen and oxygen atoms in total. The summed E-state index contributed by atoms with van der Waals surface area (Å²) >= 11 is 0. The number of carbonyl (C=O) groups is 1. The van der Waals surface area contributed by atoms with Crippen LogP contribution in [-0.2, 0) is 26.0 Å². The molecule has 0 amide bonds. The molecule has 1 aliphatic heterocycles. The number of benzene rings is 3. The van der Waals surface area contributed by atoms with Gasteiger partial charge in [0.25, 0.3) is 0 Å². The molecular formula is C23H18O4S. The number of esters is 1. The molecule has 0 radical (unpaired) electrons. The lowest BCUT2D eigenvalue weighted by molar-refractivity contribution is -0.146. The van der Waals surface area contributed by atoms with Crippen LogP contribution in [0.3, 0.4) is 0 Å². The molecule has 0 spiro atoms. The van der Waals surface area contributed by atoms with Crippen molar-refractivity contribution in [3.8, 4) is 0 Å². The molecule has 0 aromatic heterocycles. The lowest BCUT2D eigenvalue weighted by atomic mass is 9.91. The van der Waals surface area contributed by atoms with Crippen LogP contribution in [0.4, 0.5) is 0 Å². The first-order valence-electron chi connectivity index (χ1n) is 8.89.